The first-order chi connectivity index (χ1) is 9.57. The Labute approximate surface area is 117 Å². The molecule has 0 spiro atoms. The lowest BCUT2D eigenvalue weighted by molar-refractivity contribution is -0.0329. The van der Waals surface area contributed by atoms with Gasteiger partial charge in [-0.25, -0.2) is 4.99 Å². The molecule has 1 aliphatic rings. The highest BCUT2D eigenvalue weighted by atomic mass is 16.5. The van der Waals surface area contributed by atoms with E-state index in [0.29, 0.717) is 30.1 Å². The SMILES string of the molecule is C=CN=C(N)c1ccc(C2(C#N)CCC(CO)O2)n1C. The van der Waals surface area contributed by atoms with Crippen LogP contribution < -0.4 is 5.73 Å². The summed E-state index contributed by atoms with van der Waals surface area (Å²) < 4.78 is 7.53. The maximum atomic E-state index is 9.51. The van der Waals surface area contributed by atoms with E-state index in [9.17, 15) is 10.4 Å². The van der Waals surface area contributed by atoms with Gasteiger partial charge in [0.25, 0.3) is 0 Å². The third kappa shape index (κ3) is 2.22. The van der Waals surface area contributed by atoms with E-state index in [2.05, 4.69) is 17.6 Å². The molecule has 0 aliphatic carbocycles. The molecule has 1 fully saturated rings. The molecular formula is C14H18N4O2. The Kier molecular flexibility index (Phi) is 3.93. The number of rotatable bonds is 4. The minimum atomic E-state index is -1.03. The molecule has 0 aromatic carbocycles. The average Bonchev–Trinajstić information content (AvgIpc) is 3.03. The second kappa shape index (κ2) is 5.49. The van der Waals surface area contributed by atoms with Gasteiger partial charge in [-0.3, -0.25) is 0 Å². The van der Waals surface area contributed by atoms with E-state index < -0.39 is 5.60 Å². The lowest BCUT2D eigenvalue weighted by Gasteiger charge is -2.23. The minimum Gasteiger partial charge on any atom is -0.394 e. The maximum Gasteiger partial charge on any atom is 0.194 e. The second-order valence-corrected chi connectivity index (χ2v) is 4.76. The summed E-state index contributed by atoms with van der Waals surface area (Å²) in [5.74, 6) is 0.332. The first-order valence-electron chi connectivity index (χ1n) is 6.38. The first-order valence-corrected chi connectivity index (χ1v) is 6.38. The highest BCUT2D eigenvalue weighted by molar-refractivity contribution is 5.96. The van der Waals surface area contributed by atoms with Crippen LogP contribution in [0.5, 0.6) is 0 Å². The molecule has 0 radical (unpaired) electrons. The summed E-state index contributed by atoms with van der Waals surface area (Å²) in [6.07, 6.45) is 2.27. The van der Waals surface area contributed by atoms with E-state index in [1.165, 1.54) is 6.20 Å². The quantitative estimate of drug-likeness (QED) is 0.626. The summed E-state index contributed by atoms with van der Waals surface area (Å²) in [6, 6.07) is 5.84. The van der Waals surface area contributed by atoms with Crippen molar-refractivity contribution in [1.29, 1.82) is 5.26 Å². The van der Waals surface area contributed by atoms with Gasteiger partial charge in [0.2, 0.25) is 0 Å². The van der Waals surface area contributed by atoms with E-state index >= 15 is 0 Å². The van der Waals surface area contributed by atoms with Crippen LogP contribution in [0.4, 0.5) is 0 Å². The van der Waals surface area contributed by atoms with Gasteiger partial charge >= 0.3 is 0 Å². The summed E-state index contributed by atoms with van der Waals surface area (Å²) in [7, 11) is 1.81. The minimum absolute atomic E-state index is 0.0826. The van der Waals surface area contributed by atoms with Crippen molar-refractivity contribution in [2.45, 2.75) is 24.5 Å². The number of nitrogens with two attached hydrogens (primary N) is 1. The summed E-state index contributed by atoms with van der Waals surface area (Å²) in [5, 5.41) is 18.7. The number of nitriles is 1. The van der Waals surface area contributed by atoms with Gasteiger partial charge in [-0.05, 0) is 25.0 Å². The molecule has 1 saturated heterocycles. The van der Waals surface area contributed by atoms with Crippen LogP contribution in [0, 0.1) is 11.3 Å². The Balaban J connectivity index is 2.41. The second-order valence-electron chi connectivity index (χ2n) is 4.76. The Morgan fingerprint density at radius 2 is 2.55 bits per heavy atom. The average molecular weight is 274 g/mol. The Morgan fingerprint density at radius 3 is 3.10 bits per heavy atom. The molecule has 1 aromatic heterocycles. The molecule has 3 N–H and O–H groups in total. The molecule has 0 saturated carbocycles. The highest BCUT2D eigenvalue weighted by Gasteiger charge is 2.44. The lowest BCUT2D eigenvalue weighted by atomic mass is 9.97. The number of aliphatic hydroxyl groups is 1. The molecule has 20 heavy (non-hydrogen) atoms. The third-order valence-corrected chi connectivity index (χ3v) is 3.60. The van der Waals surface area contributed by atoms with Crippen molar-refractivity contribution in [2.24, 2.45) is 17.8 Å². The molecule has 2 unspecified atom stereocenters. The number of nitrogens with zero attached hydrogens (tertiary/aromatic N) is 3. The molecule has 2 rings (SSSR count). The topological polar surface area (TPSA) is 96.6 Å². The predicted octanol–water partition coefficient (Wildman–Crippen LogP) is 0.764. The maximum absolute atomic E-state index is 9.51. The van der Waals surface area contributed by atoms with Gasteiger partial charge in [0.1, 0.15) is 11.9 Å². The fourth-order valence-corrected chi connectivity index (χ4v) is 2.56. The molecule has 0 amide bonds. The van der Waals surface area contributed by atoms with Crippen LogP contribution in [0.15, 0.2) is 29.9 Å². The van der Waals surface area contributed by atoms with Crippen LogP contribution in [0.1, 0.15) is 24.2 Å². The van der Waals surface area contributed by atoms with Crippen molar-refractivity contribution in [3.05, 3.63) is 36.3 Å². The van der Waals surface area contributed by atoms with Crippen molar-refractivity contribution in [3.8, 4) is 6.07 Å². The summed E-state index contributed by atoms with van der Waals surface area (Å²) in [5.41, 5.74) is 6.23. The number of aliphatic hydroxyl groups excluding tert-OH is 1. The smallest absolute Gasteiger partial charge is 0.194 e. The zero-order valence-electron chi connectivity index (χ0n) is 11.4. The molecule has 1 aromatic rings. The van der Waals surface area contributed by atoms with E-state index in [-0.39, 0.29) is 12.7 Å². The standard InChI is InChI=1S/C14H18N4O2/c1-3-17-13(16)11-4-5-12(18(11)2)14(9-15)7-6-10(8-19)20-14/h3-5,10,19H,1,6-8H2,2H3,(H2,16,17). The fraction of sp³-hybridized carbons (Fsp3) is 0.429. The van der Waals surface area contributed by atoms with E-state index in [1.54, 1.807) is 10.6 Å². The lowest BCUT2D eigenvalue weighted by Crippen LogP contribution is -2.29. The molecule has 2 heterocycles. The van der Waals surface area contributed by atoms with Crippen LogP contribution in [-0.2, 0) is 17.4 Å². The molecule has 0 bridgehead atoms. The van der Waals surface area contributed by atoms with E-state index in [1.807, 2.05) is 13.1 Å². The van der Waals surface area contributed by atoms with E-state index in [0.717, 1.165) is 0 Å². The Bertz CT molecular complexity index is 584. The Hall–Kier alpha value is -2.10. The summed E-state index contributed by atoms with van der Waals surface area (Å²) in [4.78, 5) is 3.95. The monoisotopic (exact) mass is 274 g/mol. The van der Waals surface area contributed by atoms with Crippen molar-refractivity contribution >= 4 is 5.84 Å². The highest BCUT2D eigenvalue weighted by Crippen LogP contribution is 2.39. The molecule has 2 atom stereocenters. The zero-order valence-corrected chi connectivity index (χ0v) is 11.4. The van der Waals surface area contributed by atoms with Gasteiger partial charge in [0.05, 0.1) is 24.1 Å². The van der Waals surface area contributed by atoms with Crippen LogP contribution >= 0.6 is 0 Å². The van der Waals surface area contributed by atoms with Crippen molar-refractivity contribution in [3.63, 3.8) is 0 Å². The van der Waals surface area contributed by atoms with Gasteiger partial charge in [-0.2, -0.15) is 5.26 Å². The number of hydrogen-bond acceptors (Lipinski definition) is 4. The summed E-state index contributed by atoms with van der Waals surface area (Å²) in [6.45, 7) is 3.43. The van der Waals surface area contributed by atoms with Gasteiger partial charge in [-0.1, -0.05) is 6.58 Å². The molecule has 6 heteroatoms. The molecule has 6 nitrogen and oxygen atoms in total. The molecule has 106 valence electrons. The number of aromatic nitrogens is 1. The molecule has 1 aliphatic heterocycles. The van der Waals surface area contributed by atoms with Crippen LogP contribution in [0.25, 0.3) is 0 Å². The van der Waals surface area contributed by atoms with Crippen LogP contribution in [0.2, 0.25) is 0 Å². The molecular weight excluding hydrogens is 256 g/mol. The van der Waals surface area contributed by atoms with E-state index in [4.69, 9.17) is 10.5 Å². The van der Waals surface area contributed by atoms with Crippen LogP contribution in [-0.4, -0.2) is 28.2 Å². The fourth-order valence-electron chi connectivity index (χ4n) is 2.56. The normalized spacial score (nSPS) is 26.4. The van der Waals surface area contributed by atoms with Crippen molar-refractivity contribution in [1.82, 2.24) is 4.57 Å². The van der Waals surface area contributed by atoms with Gasteiger partial charge in [0, 0.05) is 13.2 Å². The largest absolute Gasteiger partial charge is 0.394 e. The third-order valence-electron chi connectivity index (χ3n) is 3.60. The summed E-state index contributed by atoms with van der Waals surface area (Å²) >= 11 is 0. The first kappa shape index (κ1) is 14.3. The van der Waals surface area contributed by atoms with Gasteiger partial charge < -0.3 is 20.1 Å². The number of aliphatic imine (C=N–C) groups is 1. The number of amidine groups is 1. The number of ether oxygens (including phenoxy) is 1. The zero-order chi connectivity index (χ0) is 14.8. The Morgan fingerprint density at radius 1 is 1.80 bits per heavy atom. The number of hydrogen-bond donors (Lipinski definition) is 2. The van der Waals surface area contributed by atoms with Gasteiger partial charge in [-0.15, -0.1) is 0 Å². The van der Waals surface area contributed by atoms with Crippen molar-refractivity contribution in [2.75, 3.05) is 6.61 Å². The predicted molar refractivity (Wildman–Crippen MR) is 74.8 cm³/mol. The van der Waals surface area contributed by atoms with Gasteiger partial charge in [0.15, 0.2) is 5.60 Å². The van der Waals surface area contributed by atoms with Crippen molar-refractivity contribution < 1.29 is 9.84 Å². The van der Waals surface area contributed by atoms with Crippen LogP contribution in [0.3, 0.4) is 0 Å².